The Kier molecular flexibility index (Phi) is 4.92. The molecule has 0 bridgehead atoms. The van der Waals surface area contributed by atoms with Crippen LogP contribution in [0.4, 0.5) is 4.39 Å². The van der Waals surface area contributed by atoms with E-state index in [1.807, 2.05) is 13.8 Å². The molecule has 0 aliphatic carbocycles. The van der Waals surface area contributed by atoms with Crippen LogP contribution in [0.25, 0.3) is 5.69 Å². The first-order valence-corrected chi connectivity index (χ1v) is 7.99. The summed E-state index contributed by atoms with van der Waals surface area (Å²) in [4.78, 5) is 12.3. The second kappa shape index (κ2) is 7.11. The standard InChI is InChI=1S/C17H21FN4O2/c1-11(21-17(23)16-10-19-7-8-24-16)15-9-20-22(12(15)2)14-5-3-13(18)4-6-14/h3-6,9,11,16,19H,7-8,10H2,1-2H3,(H,21,23). The molecule has 3 rings (SSSR count). The zero-order chi connectivity index (χ0) is 17.1. The predicted octanol–water partition coefficient (Wildman–Crippen LogP) is 1.49. The number of benzene rings is 1. The molecule has 0 saturated carbocycles. The number of nitrogens with one attached hydrogen (secondary N) is 2. The Morgan fingerprint density at radius 1 is 1.46 bits per heavy atom. The summed E-state index contributed by atoms with van der Waals surface area (Å²) >= 11 is 0. The zero-order valence-corrected chi connectivity index (χ0v) is 13.8. The van der Waals surface area contributed by atoms with Gasteiger partial charge in [-0.3, -0.25) is 4.79 Å². The number of halogens is 1. The fraction of sp³-hybridized carbons (Fsp3) is 0.412. The van der Waals surface area contributed by atoms with Crippen LogP contribution in [-0.2, 0) is 9.53 Å². The minimum atomic E-state index is -0.464. The number of carbonyl (C=O) groups excluding carboxylic acids is 1. The second-order valence-corrected chi connectivity index (χ2v) is 5.87. The number of morpholine rings is 1. The Morgan fingerprint density at radius 3 is 2.88 bits per heavy atom. The molecule has 1 saturated heterocycles. The molecule has 1 aromatic carbocycles. The van der Waals surface area contributed by atoms with Crippen molar-refractivity contribution in [3.63, 3.8) is 0 Å². The van der Waals surface area contributed by atoms with Gasteiger partial charge in [0.2, 0.25) is 0 Å². The molecule has 2 aromatic rings. The van der Waals surface area contributed by atoms with Crippen molar-refractivity contribution in [1.29, 1.82) is 0 Å². The molecule has 2 unspecified atom stereocenters. The van der Waals surface area contributed by atoms with Crippen molar-refractivity contribution in [3.05, 3.63) is 47.5 Å². The van der Waals surface area contributed by atoms with E-state index in [4.69, 9.17) is 4.74 Å². The topological polar surface area (TPSA) is 68.2 Å². The zero-order valence-electron chi connectivity index (χ0n) is 13.8. The maximum atomic E-state index is 13.1. The van der Waals surface area contributed by atoms with E-state index >= 15 is 0 Å². The van der Waals surface area contributed by atoms with Gasteiger partial charge in [0, 0.05) is 24.3 Å². The highest BCUT2D eigenvalue weighted by Gasteiger charge is 2.24. The summed E-state index contributed by atoms with van der Waals surface area (Å²) in [5, 5.41) is 10.5. The molecular formula is C17H21FN4O2. The fourth-order valence-corrected chi connectivity index (χ4v) is 2.81. The highest BCUT2D eigenvalue weighted by molar-refractivity contribution is 5.81. The van der Waals surface area contributed by atoms with Crippen LogP contribution >= 0.6 is 0 Å². The largest absolute Gasteiger partial charge is 0.366 e. The predicted molar refractivity (Wildman–Crippen MR) is 87.4 cm³/mol. The summed E-state index contributed by atoms with van der Waals surface area (Å²) in [5.74, 6) is -0.422. The molecule has 1 aliphatic heterocycles. The lowest BCUT2D eigenvalue weighted by Crippen LogP contribution is -2.48. The summed E-state index contributed by atoms with van der Waals surface area (Å²) in [6.07, 6.45) is 1.26. The second-order valence-electron chi connectivity index (χ2n) is 5.87. The van der Waals surface area contributed by atoms with Gasteiger partial charge in [0.05, 0.1) is 24.5 Å². The SMILES string of the molecule is Cc1c(C(C)NC(=O)C2CNCCO2)cnn1-c1ccc(F)cc1. The molecule has 1 aliphatic rings. The third-order valence-electron chi connectivity index (χ3n) is 4.16. The third kappa shape index (κ3) is 3.47. The monoisotopic (exact) mass is 332 g/mol. The average molecular weight is 332 g/mol. The van der Waals surface area contributed by atoms with Crippen LogP contribution in [0.2, 0.25) is 0 Å². The number of aromatic nitrogens is 2. The van der Waals surface area contributed by atoms with Crippen molar-refractivity contribution in [3.8, 4) is 5.69 Å². The molecule has 6 nitrogen and oxygen atoms in total. The maximum absolute atomic E-state index is 13.1. The average Bonchev–Trinajstić information content (AvgIpc) is 2.98. The molecule has 7 heteroatoms. The van der Waals surface area contributed by atoms with Gasteiger partial charge in [-0.25, -0.2) is 9.07 Å². The Labute approximate surface area is 140 Å². The van der Waals surface area contributed by atoms with Gasteiger partial charge >= 0.3 is 0 Å². The Balaban J connectivity index is 1.72. The Morgan fingerprint density at radius 2 is 2.21 bits per heavy atom. The van der Waals surface area contributed by atoms with Gasteiger partial charge in [-0.2, -0.15) is 5.10 Å². The highest BCUT2D eigenvalue weighted by Crippen LogP contribution is 2.20. The molecule has 2 atom stereocenters. The van der Waals surface area contributed by atoms with Crippen molar-refractivity contribution >= 4 is 5.91 Å². The summed E-state index contributed by atoms with van der Waals surface area (Å²) in [6.45, 7) is 5.66. The molecule has 2 N–H and O–H groups in total. The van der Waals surface area contributed by atoms with E-state index in [-0.39, 0.29) is 17.8 Å². The molecule has 0 radical (unpaired) electrons. The van der Waals surface area contributed by atoms with Gasteiger partial charge in [0.15, 0.2) is 0 Å². The number of carbonyl (C=O) groups is 1. The van der Waals surface area contributed by atoms with Crippen molar-refractivity contribution in [2.24, 2.45) is 0 Å². The van der Waals surface area contributed by atoms with Crippen molar-refractivity contribution in [1.82, 2.24) is 20.4 Å². The Hall–Kier alpha value is -2.25. The van der Waals surface area contributed by atoms with Crippen LogP contribution in [0, 0.1) is 12.7 Å². The van der Waals surface area contributed by atoms with E-state index in [0.29, 0.717) is 13.2 Å². The van der Waals surface area contributed by atoms with Gasteiger partial charge in [0.1, 0.15) is 11.9 Å². The summed E-state index contributed by atoms with van der Waals surface area (Å²) in [6, 6.07) is 5.94. The van der Waals surface area contributed by atoms with Crippen molar-refractivity contribution < 1.29 is 13.9 Å². The lowest BCUT2D eigenvalue weighted by Gasteiger charge is -2.24. The van der Waals surface area contributed by atoms with Gasteiger partial charge in [-0.15, -0.1) is 0 Å². The van der Waals surface area contributed by atoms with E-state index in [9.17, 15) is 9.18 Å². The first-order valence-electron chi connectivity index (χ1n) is 7.99. The first kappa shape index (κ1) is 16.6. The van der Waals surface area contributed by atoms with Crippen LogP contribution in [0.5, 0.6) is 0 Å². The van der Waals surface area contributed by atoms with Crippen LogP contribution in [0.3, 0.4) is 0 Å². The number of ether oxygens (including phenoxy) is 1. The van der Waals surface area contributed by atoms with Crippen LogP contribution < -0.4 is 10.6 Å². The summed E-state index contributed by atoms with van der Waals surface area (Å²) < 4.78 is 20.3. The lowest BCUT2D eigenvalue weighted by molar-refractivity contribution is -0.134. The Bertz CT molecular complexity index is 708. The van der Waals surface area contributed by atoms with E-state index in [1.165, 1.54) is 12.1 Å². The molecule has 1 fully saturated rings. The van der Waals surface area contributed by atoms with Gasteiger partial charge in [-0.05, 0) is 38.1 Å². The molecule has 2 heterocycles. The maximum Gasteiger partial charge on any atom is 0.250 e. The number of nitrogens with zero attached hydrogens (tertiary/aromatic N) is 2. The highest BCUT2D eigenvalue weighted by atomic mass is 19.1. The lowest BCUT2D eigenvalue weighted by atomic mass is 10.1. The van der Waals surface area contributed by atoms with E-state index < -0.39 is 6.10 Å². The molecule has 1 aromatic heterocycles. The first-order chi connectivity index (χ1) is 11.6. The van der Waals surface area contributed by atoms with Crippen LogP contribution in [-0.4, -0.2) is 41.5 Å². The summed E-state index contributed by atoms with van der Waals surface area (Å²) in [5.41, 5.74) is 2.59. The fourth-order valence-electron chi connectivity index (χ4n) is 2.81. The van der Waals surface area contributed by atoms with Crippen molar-refractivity contribution in [2.45, 2.75) is 26.0 Å². The van der Waals surface area contributed by atoms with E-state index in [0.717, 1.165) is 23.5 Å². The third-order valence-corrected chi connectivity index (χ3v) is 4.16. The summed E-state index contributed by atoms with van der Waals surface area (Å²) in [7, 11) is 0. The minimum Gasteiger partial charge on any atom is -0.366 e. The number of rotatable bonds is 4. The van der Waals surface area contributed by atoms with Crippen molar-refractivity contribution in [2.75, 3.05) is 19.7 Å². The molecular weight excluding hydrogens is 311 g/mol. The molecule has 128 valence electrons. The molecule has 1 amide bonds. The van der Waals surface area contributed by atoms with E-state index in [2.05, 4.69) is 15.7 Å². The van der Waals surface area contributed by atoms with Gasteiger partial charge < -0.3 is 15.4 Å². The minimum absolute atomic E-state index is 0.136. The number of hydrogen-bond donors (Lipinski definition) is 2. The number of hydrogen-bond acceptors (Lipinski definition) is 4. The van der Waals surface area contributed by atoms with E-state index in [1.54, 1.807) is 23.0 Å². The van der Waals surface area contributed by atoms with Gasteiger partial charge in [0.25, 0.3) is 5.91 Å². The van der Waals surface area contributed by atoms with Crippen LogP contribution in [0.15, 0.2) is 30.5 Å². The smallest absolute Gasteiger partial charge is 0.250 e. The van der Waals surface area contributed by atoms with Crippen LogP contribution in [0.1, 0.15) is 24.2 Å². The number of amides is 1. The van der Waals surface area contributed by atoms with Gasteiger partial charge in [-0.1, -0.05) is 0 Å². The molecule has 0 spiro atoms. The molecule has 24 heavy (non-hydrogen) atoms. The normalized spacial score (nSPS) is 19.0. The quantitative estimate of drug-likeness (QED) is 0.890.